The van der Waals surface area contributed by atoms with E-state index in [0.717, 1.165) is 0 Å². The van der Waals surface area contributed by atoms with E-state index in [0.29, 0.717) is 0 Å². The van der Waals surface area contributed by atoms with Crippen LogP contribution in [0.1, 0.15) is 0 Å². The second-order valence-electron chi connectivity index (χ2n) is 8.23. The summed E-state index contributed by atoms with van der Waals surface area (Å²) in [4.78, 5) is 17.6. The first-order valence-corrected chi connectivity index (χ1v) is 16.4. The minimum atomic E-state index is -5.70. The molecule has 2 aliphatic rings. The smallest absolute Gasteiger partial charge is 0.341 e. The highest BCUT2D eigenvalue weighted by molar-refractivity contribution is 7.81. The fraction of sp³-hybridized carbons (Fsp3) is 1.00. The van der Waals surface area contributed by atoms with E-state index >= 15 is 0 Å². The third-order valence-electron chi connectivity index (χ3n) is 5.37. The molecule has 0 aromatic carbocycles. The topological polar surface area (TPSA) is 437 Å². The molecule has 0 radical (unpaired) electrons. The summed E-state index contributed by atoms with van der Waals surface area (Å²) >= 11 is 0. The van der Waals surface area contributed by atoms with Crippen molar-refractivity contribution in [3.63, 3.8) is 0 Å². The molecule has 0 amide bonds. The lowest BCUT2D eigenvalue weighted by Gasteiger charge is -2.44. The van der Waals surface area contributed by atoms with Gasteiger partial charge >= 0.3 is 41.6 Å². The van der Waals surface area contributed by atoms with Gasteiger partial charge in [-0.05, 0) is 0 Å². The molecule has 31 nitrogen and oxygen atoms in total. The average Bonchev–Trinajstić information content (AvgIpc) is 3.18. The van der Waals surface area contributed by atoms with Crippen LogP contribution in [-0.4, -0.2) is 148 Å². The van der Waals surface area contributed by atoms with Crippen molar-refractivity contribution in [2.75, 3.05) is 19.8 Å². The van der Waals surface area contributed by atoms with Crippen molar-refractivity contribution < 1.29 is 144 Å². The molecule has 280 valence electrons. The first kappa shape index (κ1) is 42.0. The predicted molar refractivity (Wildman–Crippen MR) is 121 cm³/mol. The first-order valence-electron chi connectivity index (χ1n) is 11.0. The van der Waals surface area contributed by atoms with Gasteiger partial charge in [0.25, 0.3) is 0 Å². The fourth-order valence-corrected chi connectivity index (χ4v) is 5.31. The van der Waals surface area contributed by atoms with Crippen LogP contribution < -0.4 is 0 Å². The molecule has 47 heavy (non-hydrogen) atoms. The molecule has 2 rings (SSSR count). The highest BCUT2D eigenvalue weighted by atomic mass is 32.3. The summed E-state index contributed by atoms with van der Waals surface area (Å²) in [5, 5.41) is 49.4. The van der Waals surface area contributed by atoms with Gasteiger partial charge in [0.05, 0.1) is 13.2 Å². The predicted octanol–water partition coefficient (Wildman–Crippen LogP) is -4.37. The molecule has 2 saturated heterocycles. The zero-order valence-corrected chi connectivity index (χ0v) is 25.1. The quantitative estimate of drug-likeness (QED) is 0.0309. The lowest BCUT2D eigenvalue weighted by molar-refractivity contribution is -0.595. The zero-order chi connectivity index (χ0) is 35.8. The Hall–Kier alpha value is -1.12. The fourth-order valence-electron chi connectivity index (χ4n) is 3.88. The molecular weight excluding hydrogens is 768 g/mol. The maximum absolute atomic E-state index is 11.6. The summed E-state index contributed by atoms with van der Waals surface area (Å²) in [5.41, 5.74) is 0. The van der Waals surface area contributed by atoms with Gasteiger partial charge < -0.3 is 14.2 Å². The van der Waals surface area contributed by atoms with E-state index in [2.05, 4.69) is 56.4 Å². The summed E-state index contributed by atoms with van der Waals surface area (Å²) in [5.74, 6) is -3.43. The number of hydrogen-bond donors (Lipinski definition) is 8. The average molecular weight is 791 g/mol. The Kier molecular flexibility index (Phi) is 15.4. The largest absolute Gasteiger partial charge is 0.397 e. The monoisotopic (exact) mass is 790 g/mol. The first-order chi connectivity index (χ1) is 21.6. The van der Waals surface area contributed by atoms with Gasteiger partial charge in [0.1, 0.15) is 24.9 Å². The maximum atomic E-state index is 11.6. The van der Waals surface area contributed by atoms with Crippen molar-refractivity contribution in [1.29, 1.82) is 0 Å². The van der Waals surface area contributed by atoms with Crippen molar-refractivity contribution in [3.05, 3.63) is 0 Å². The van der Waals surface area contributed by atoms with Crippen LogP contribution in [0, 0.1) is 0 Å². The maximum Gasteiger partial charge on any atom is 0.397 e. The third kappa shape index (κ3) is 13.3. The van der Waals surface area contributed by atoms with E-state index in [1.807, 2.05) is 0 Å². The Morgan fingerprint density at radius 2 is 1.02 bits per heavy atom. The molecule has 3 unspecified atom stereocenters. The molecule has 8 N–H and O–H groups in total. The van der Waals surface area contributed by atoms with Crippen molar-refractivity contribution in [3.8, 4) is 0 Å². The van der Waals surface area contributed by atoms with E-state index < -0.39 is 116 Å². The Bertz CT molecular complexity index is 1410. The van der Waals surface area contributed by atoms with Gasteiger partial charge in [-0.2, -0.15) is 53.2 Å². The van der Waals surface area contributed by atoms with Crippen LogP contribution in [0.3, 0.4) is 0 Å². The number of hydrogen-bond acceptors (Lipinski definition) is 27. The molecule has 0 spiro atoms. The normalized spacial score (nSPS) is 32.5. The van der Waals surface area contributed by atoms with E-state index in [1.165, 1.54) is 0 Å². The lowest BCUT2D eigenvalue weighted by atomic mass is 9.98. The van der Waals surface area contributed by atoms with Gasteiger partial charge in [-0.1, -0.05) is 20.2 Å². The standard InChI is InChI=1S/C12H22O31S4/c13-40-35-6-4(1-29-44(17,18)19)32-11(9(37-42-15)8(6)36-41-14)34-12(3-31-46(23,24)25)10(38-43-16)7(39-47(26,27)28)5(33-12)2-30-45(20,21)22/h4-11,13-16H,1-3H2,(H,17,18,19)(H,20,21,22)(H,23,24,25)(H,26,27,28)/t4?,5-,6-,7+,8+,9?,10?,11+,12+/m1/s1. The highest BCUT2D eigenvalue weighted by Gasteiger charge is 2.64. The summed E-state index contributed by atoms with van der Waals surface area (Å²) in [6.45, 7) is -4.85. The summed E-state index contributed by atoms with van der Waals surface area (Å²) in [7, 11) is -22.1. The number of rotatable bonds is 21. The molecule has 2 fully saturated rings. The van der Waals surface area contributed by atoms with Gasteiger partial charge in [0.15, 0.2) is 30.7 Å². The van der Waals surface area contributed by atoms with Crippen LogP contribution >= 0.6 is 0 Å². The van der Waals surface area contributed by atoms with E-state index in [4.69, 9.17) is 48.9 Å². The van der Waals surface area contributed by atoms with Gasteiger partial charge in [0.2, 0.25) is 5.79 Å². The summed E-state index contributed by atoms with van der Waals surface area (Å²) < 4.78 is 160. The van der Waals surface area contributed by atoms with Crippen LogP contribution in [0.5, 0.6) is 0 Å². The van der Waals surface area contributed by atoms with Crippen LogP contribution in [0.15, 0.2) is 0 Å². The number of ether oxygens (including phenoxy) is 3. The Labute approximate surface area is 259 Å². The molecule has 0 aromatic heterocycles. The molecular formula is C12H22O31S4. The molecule has 0 aliphatic carbocycles. The van der Waals surface area contributed by atoms with Gasteiger partial charge in [0, 0.05) is 0 Å². The van der Waals surface area contributed by atoms with Gasteiger partial charge in [-0.15, -0.1) is 0 Å². The molecule has 0 bridgehead atoms. The van der Waals surface area contributed by atoms with Crippen molar-refractivity contribution in [1.82, 2.24) is 0 Å². The van der Waals surface area contributed by atoms with Gasteiger partial charge in [-0.25, -0.2) is 37.8 Å². The molecule has 2 heterocycles. The van der Waals surface area contributed by atoms with E-state index in [-0.39, 0.29) is 0 Å². The Balaban J connectivity index is 2.75. The van der Waals surface area contributed by atoms with Crippen molar-refractivity contribution in [2.24, 2.45) is 0 Å². The van der Waals surface area contributed by atoms with E-state index in [1.54, 1.807) is 0 Å². The van der Waals surface area contributed by atoms with Crippen molar-refractivity contribution in [2.45, 2.75) is 54.8 Å². The summed E-state index contributed by atoms with van der Waals surface area (Å²) in [6, 6.07) is 0. The second-order valence-corrected chi connectivity index (χ2v) is 12.6. The molecule has 2 aliphatic heterocycles. The Morgan fingerprint density at radius 3 is 1.49 bits per heavy atom. The molecule has 0 aromatic rings. The Morgan fingerprint density at radius 1 is 0.553 bits per heavy atom. The third-order valence-corrected chi connectivity index (χ3v) is 7.12. The van der Waals surface area contributed by atoms with Crippen molar-refractivity contribution >= 4 is 41.6 Å². The molecule has 9 atom stereocenters. The lowest BCUT2D eigenvalue weighted by Crippen LogP contribution is -2.65. The highest BCUT2D eigenvalue weighted by Crippen LogP contribution is 2.42. The van der Waals surface area contributed by atoms with Crippen LogP contribution in [0.25, 0.3) is 0 Å². The second kappa shape index (κ2) is 17.2. The van der Waals surface area contributed by atoms with Gasteiger partial charge in [-0.3, -0.25) is 18.2 Å². The molecule has 35 heteroatoms. The van der Waals surface area contributed by atoms with E-state index in [9.17, 15) is 38.2 Å². The molecule has 0 saturated carbocycles. The van der Waals surface area contributed by atoms with Crippen LogP contribution in [-0.2, 0) is 112 Å². The zero-order valence-electron chi connectivity index (χ0n) is 21.8. The minimum Gasteiger partial charge on any atom is -0.341 e. The minimum absolute atomic E-state index is 1.42. The SMILES string of the molecule is O=S(=O)(O)OCC1O[C@@H](O[C@]2(COS(=O)(=O)O)O[C@H](COS(=O)(=O)O)[C@H](OS(=O)(=O)O)C2OOO)C(OOO)[C@@H](OOO)[C@@H]1OOO. The van der Waals surface area contributed by atoms with Crippen LogP contribution in [0.4, 0.5) is 0 Å². The summed E-state index contributed by atoms with van der Waals surface area (Å²) in [6.07, 6.45) is -19.6. The van der Waals surface area contributed by atoms with Crippen LogP contribution in [0.2, 0.25) is 0 Å².